The van der Waals surface area contributed by atoms with E-state index in [0.29, 0.717) is 0 Å². The monoisotopic (exact) mass is 583 g/mol. The van der Waals surface area contributed by atoms with E-state index in [0.717, 1.165) is 0 Å². The highest BCUT2D eigenvalue weighted by atomic mass is 14.6. The lowest BCUT2D eigenvalue weighted by atomic mass is 9.85. The van der Waals surface area contributed by atoms with E-state index < -0.39 is 0 Å². The van der Waals surface area contributed by atoms with Crippen molar-refractivity contribution in [2.24, 2.45) is 0 Å². The molecule has 0 atom stereocenters. The summed E-state index contributed by atoms with van der Waals surface area (Å²) in [5, 5.41) is 7.82. The highest BCUT2D eigenvalue weighted by Gasteiger charge is 2.17. The molecule has 0 amide bonds. The molecular weight excluding hydrogens is 555 g/mol. The second-order valence-corrected chi connectivity index (χ2v) is 12.0. The second kappa shape index (κ2) is 10.8. The number of pyridine rings is 1. The summed E-state index contributed by atoms with van der Waals surface area (Å²) in [4.78, 5) is 4.15. The third-order valence-electron chi connectivity index (χ3n) is 9.38. The van der Waals surface area contributed by atoms with Crippen molar-refractivity contribution in [1.29, 1.82) is 0 Å². The van der Waals surface area contributed by atoms with Crippen molar-refractivity contribution in [3.63, 3.8) is 0 Å². The maximum Gasteiger partial charge on any atom is 0.0273 e. The molecule has 214 valence electrons. The molecule has 1 heterocycles. The SMILES string of the molecule is c1ccc(-c2ccc(-c3cc(-c4ccc(-c5ccc(-c6ccncc6)cc5)cc4)c4ccc5cccc6ccc3c4c65)cc2)cc1. The molecule has 1 nitrogen and oxygen atoms in total. The predicted molar refractivity (Wildman–Crippen MR) is 195 cm³/mol. The van der Waals surface area contributed by atoms with E-state index in [1.165, 1.54) is 88.0 Å². The average Bonchev–Trinajstić information content (AvgIpc) is 3.15. The topological polar surface area (TPSA) is 12.9 Å². The average molecular weight is 584 g/mol. The normalized spacial score (nSPS) is 11.5. The van der Waals surface area contributed by atoms with Gasteiger partial charge in [-0.15, -0.1) is 0 Å². The lowest BCUT2D eigenvalue weighted by molar-refractivity contribution is 1.33. The van der Waals surface area contributed by atoms with Gasteiger partial charge in [0.1, 0.15) is 0 Å². The summed E-state index contributed by atoms with van der Waals surface area (Å²) in [6.07, 6.45) is 3.68. The zero-order valence-electron chi connectivity index (χ0n) is 25.2. The Morgan fingerprint density at radius 1 is 0.283 bits per heavy atom. The summed E-state index contributed by atoms with van der Waals surface area (Å²) in [5.41, 5.74) is 12.2. The Morgan fingerprint density at radius 3 is 1.17 bits per heavy atom. The largest absolute Gasteiger partial charge is 0.265 e. The van der Waals surface area contributed by atoms with Gasteiger partial charge in [-0.3, -0.25) is 4.98 Å². The quantitative estimate of drug-likeness (QED) is 0.184. The van der Waals surface area contributed by atoms with Crippen molar-refractivity contribution in [2.45, 2.75) is 0 Å². The van der Waals surface area contributed by atoms with E-state index >= 15 is 0 Å². The molecule has 0 saturated heterocycles. The Labute approximate surface area is 268 Å². The molecule has 0 aliphatic rings. The van der Waals surface area contributed by atoms with Crippen LogP contribution in [0.25, 0.3) is 88.0 Å². The van der Waals surface area contributed by atoms with Crippen LogP contribution in [0.1, 0.15) is 0 Å². The third-order valence-corrected chi connectivity index (χ3v) is 9.38. The molecule has 1 heteroatoms. The Hall–Kier alpha value is -6.05. The lowest BCUT2D eigenvalue weighted by Gasteiger charge is -2.18. The summed E-state index contributed by atoms with van der Waals surface area (Å²) in [5.74, 6) is 0. The number of benzene rings is 8. The summed E-state index contributed by atoms with van der Waals surface area (Å²) in [6, 6.07) is 59.8. The van der Waals surface area contributed by atoms with Gasteiger partial charge in [0.25, 0.3) is 0 Å². The second-order valence-electron chi connectivity index (χ2n) is 12.0. The van der Waals surface area contributed by atoms with Crippen molar-refractivity contribution in [3.8, 4) is 55.6 Å². The van der Waals surface area contributed by atoms with Gasteiger partial charge in [0.15, 0.2) is 0 Å². The van der Waals surface area contributed by atoms with Crippen molar-refractivity contribution < 1.29 is 0 Å². The molecule has 0 aliphatic carbocycles. The predicted octanol–water partition coefficient (Wildman–Crippen LogP) is 12.3. The molecule has 0 N–H and O–H groups in total. The Balaban J connectivity index is 1.18. The zero-order chi connectivity index (χ0) is 30.5. The van der Waals surface area contributed by atoms with Crippen LogP contribution >= 0.6 is 0 Å². The van der Waals surface area contributed by atoms with Crippen molar-refractivity contribution in [3.05, 3.63) is 176 Å². The fourth-order valence-corrected chi connectivity index (χ4v) is 7.02. The number of rotatable bonds is 5. The maximum atomic E-state index is 4.15. The Bertz CT molecular complexity index is 2440. The number of aromatic nitrogens is 1. The van der Waals surface area contributed by atoms with Crippen LogP contribution in [0, 0.1) is 0 Å². The number of hydrogen-bond donors (Lipinski definition) is 0. The third kappa shape index (κ3) is 4.45. The number of nitrogens with zero attached hydrogens (tertiary/aromatic N) is 1. The van der Waals surface area contributed by atoms with Crippen LogP contribution in [0.4, 0.5) is 0 Å². The van der Waals surface area contributed by atoms with Crippen LogP contribution in [-0.2, 0) is 0 Å². The van der Waals surface area contributed by atoms with Crippen molar-refractivity contribution >= 4 is 32.3 Å². The number of hydrogen-bond acceptors (Lipinski definition) is 1. The molecular formula is C45H29N. The highest BCUT2D eigenvalue weighted by Crippen LogP contribution is 2.44. The minimum absolute atomic E-state index is 1.18. The first kappa shape index (κ1) is 26.4. The smallest absolute Gasteiger partial charge is 0.0273 e. The van der Waals surface area contributed by atoms with Gasteiger partial charge in [-0.1, -0.05) is 146 Å². The summed E-state index contributed by atoms with van der Waals surface area (Å²) >= 11 is 0. The van der Waals surface area contributed by atoms with Gasteiger partial charge in [0, 0.05) is 12.4 Å². The highest BCUT2D eigenvalue weighted by molar-refractivity contribution is 6.28. The minimum Gasteiger partial charge on any atom is -0.265 e. The van der Waals surface area contributed by atoms with Crippen LogP contribution in [0.3, 0.4) is 0 Å². The molecule has 0 aliphatic heterocycles. The Morgan fingerprint density at radius 2 is 0.696 bits per heavy atom. The van der Waals surface area contributed by atoms with Crippen LogP contribution in [0.5, 0.6) is 0 Å². The molecule has 1 aromatic heterocycles. The van der Waals surface area contributed by atoms with Gasteiger partial charge in [0.2, 0.25) is 0 Å². The van der Waals surface area contributed by atoms with E-state index in [-0.39, 0.29) is 0 Å². The van der Waals surface area contributed by atoms with E-state index in [1.807, 2.05) is 24.5 Å². The minimum atomic E-state index is 1.18. The molecule has 0 saturated carbocycles. The molecule has 0 fully saturated rings. The molecule has 9 rings (SSSR count). The van der Waals surface area contributed by atoms with Gasteiger partial charge >= 0.3 is 0 Å². The van der Waals surface area contributed by atoms with Crippen LogP contribution in [0.2, 0.25) is 0 Å². The molecule has 0 unspecified atom stereocenters. The molecule has 0 spiro atoms. The Kier molecular flexibility index (Phi) is 6.21. The van der Waals surface area contributed by atoms with Crippen LogP contribution in [0.15, 0.2) is 176 Å². The van der Waals surface area contributed by atoms with Gasteiger partial charge in [0.05, 0.1) is 0 Å². The fourth-order valence-electron chi connectivity index (χ4n) is 7.02. The standard InChI is InChI=1S/C45H29N/c1-2-5-30(6-3-1)31-13-17-36(18-14-31)42-29-43(41-24-22-39-8-4-7-38-21-23-40(42)45(41)44(38)39)37-19-15-33(16-20-37)32-9-11-34(12-10-32)35-25-27-46-28-26-35/h1-29H. The first-order chi connectivity index (χ1) is 22.8. The molecule has 0 radical (unpaired) electrons. The maximum absolute atomic E-state index is 4.15. The van der Waals surface area contributed by atoms with Crippen molar-refractivity contribution in [2.75, 3.05) is 0 Å². The van der Waals surface area contributed by atoms with Crippen LogP contribution in [-0.4, -0.2) is 4.98 Å². The molecule has 46 heavy (non-hydrogen) atoms. The summed E-state index contributed by atoms with van der Waals surface area (Å²) in [6.45, 7) is 0. The van der Waals surface area contributed by atoms with Gasteiger partial charge in [-0.05, 0) is 106 Å². The first-order valence-electron chi connectivity index (χ1n) is 15.8. The van der Waals surface area contributed by atoms with E-state index in [4.69, 9.17) is 0 Å². The van der Waals surface area contributed by atoms with Gasteiger partial charge in [-0.2, -0.15) is 0 Å². The summed E-state index contributed by atoms with van der Waals surface area (Å²) in [7, 11) is 0. The van der Waals surface area contributed by atoms with Crippen molar-refractivity contribution in [1.82, 2.24) is 4.98 Å². The van der Waals surface area contributed by atoms with E-state index in [1.54, 1.807) is 0 Å². The van der Waals surface area contributed by atoms with Gasteiger partial charge in [-0.25, -0.2) is 0 Å². The van der Waals surface area contributed by atoms with E-state index in [9.17, 15) is 0 Å². The van der Waals surface area contributed by atoms with E-state index in [2.05, 4.69) is 157 Å². The van der Waals surface area contributed by atoms with Crippen LogP contribution < -0.4 is 0 Å². The zero-order valence-corrected chi connectivity index (χ0v) is 25.2. The molecule has 9 aromatic rings. The lowest BCUT2D eigenvalue weighted by Crippen LogP contribution is -1.91. The fraction of sp³-hybridized carbons (Fsp3) is 0. The summed E-state index contributed by atoms with van der Waals surface area (Å²) < 4.78 is 0. The van der Waals surface area contributed by atoms with Gasteiger partial charge < -0.3 is 0 Å². The molecule has 8 aromatic carbocycles. The first-order valence-corrected chi connectivity index (χ1v) is 15.8. The molecule has 0 bridgehead atoms.